The lowest BCUT2D eigenvalue weighted by molar-refractivity contribution is 0.0694. The van der Waals surface area contributed by atoms with Gasteiger partial charge in [-0.3, -0.25) is 4.98 Å². The fraction of sp³-hybridized carbons (Fsp3) is 0.455. The molecule has 2 heterocycles. The second-order valence-electron chi connectivity index (χ2n) is 3.96. The Balaban J connectivity index is 1.75. The van der Waals surface area contributed by atoms with Crippen LogP contribution in [0.25, 0.3) is 0 Å². The average Bonchev–Trinajstić information content (AvgIpc) is 2.98. The van der Waals surface area contributed by atoms with Crippen LogP contribution in [0.1, 0.15) is 24.8 Å². The molecule has 1 atom stereocenters. The normalized spacial score (nSPS) is 25.7. The van der Waals surface area contributed by atoms with Gasteiger partial charge >= 0.3 is 0 Å². The minimum atomic E-state index is 0.346. The first-order valence-electron chi connectivity index (χ1n) is 5.06. The Morgan fingerprint density at radius 3 is 2.71 bits per heavy atom. The molecule has 0 aromatic carbocycles. The summed E-state index contributed by atoms with van der Waals surface area (Å²) in [5.41, 5.74) is 2.22. The molecule has 0 radical (unpaired) electrons. The van der Waals surface area contributed by atoms with Crippen molar-refractivity contribution in [2.24, 2.45) is 11.1 Å². The zero-order chi connectivity index (χ0) is 9.38. The van der Waals surface area contributed by atoms with Crippen molar-refractivity contribution >= 4 is 5.71 Å². The fourth-order valence-electron chi connectivity index (χ4n) is 1.83. The zero-order valence-corrected chi connectivity index (χ0v) is 7.89. The third-order valence-electron chi connectivity index (χ3n) is 2.85. The number of aromatic nitrogens is 1. The van der Waals surface area contributed by atoms with Crippen molar-refractivity contribution in [3.8, 4) is 0 Å². The van der Waals surface area contributed by atoms with Crippen LogP contribution in [-0.2, 0) is 4.84 Å². The summed E-state index contributed by atoms with van der Waals surface area (Å²) in [6.45, 7) is 0. The summed E-state index contributed by atoms with van der Waals surface area (Å²) in [6.07, 6.45) is 7.52. The molecule has 14 heavy (non-hydrogen) atoms. The monoisotopic (exact) mass is 188 g/mol. The minimum absolute atomic E-state index is 0.346. The molecule has 2 aliphatic rings. The zero-order valence-electron chi connectivity index (χ0n) is 7.89. The van der Waals surface area contributed by atoms with E-state index in [1.54, 1.807) is 12.4 Å². The van der Waals surface area contributed by atoms with Gasteiger partial charge in [-0.1, -0.05) is 5.16 Å². The Morgan fingerprint density at radius 2 is 2.00 bits per heavy atom. The molecule has 3 rings (SSSR count). The predicted octanol–water partition coefficient (Wildman–Crippen LogP) is 1.98. The van der Waals surface area contributed by atoms with Gasteiger partial charge in [-0.05, 0) is 30.9 Å². The Morgan fingerprint density at radius 1 is 1.21 bits per heavy atom. The molecule has 1 aliphatic carbocycles. The smallest absolute Gasteiger partial charge is 0.136 e. The molecule has 0 N–H and O–H groups in total. The van der Waals surface area contributed by atoms with E-state index in [0.29, 0.717) is 6.10 Å². The van der Waals surface area contributed by atoms with E-state index in [2.05, 4.69) is 10.1 Å². The lowest BCUT2D eigenvalue weighted by atomic mass is 10.0. The number of hydrogen-bond donors (Lipinski definition) is 0. The molecule has 1 aliphatic heterocycles. The van der Waals surface area contributed by atoms with E-state index in [1.165, 1.54) is 12.8 Å². The molecule has 1 aromatic rings. The lowest BCUT2D eigenvalue weighted by Gasteiger charge is -2.03. The van der Waals surface area contributed by atoms with Crippen molar-refractivity contribution < 1.29 is 4.84 Å². The molecule has 3 heteroatoms. The summed E-state index contributed by atoms with van der Waals surface area (Å²) in [7, 11) is 0. The van der Waals surface area contributed by atoms with Crippen LogP contribution in [0.3, 0.4) is 0 Å². The van der Waals surface area contributed by atoms with E-state index in [4.69, 9.17) is 4.84 Å². The van der Waals surface area contributed by atoms with Gasteiger partial charge < -0.3 is 4.84 Å². The van der Waals surface area contributed by atoms with Crippen molar-refractivity contribution in [2.45, 2.75) is 25.4 Å². The molecule has 0 bridgehead atoms. The second kappa shape index (κ2) is 3.08. The fourth-order valence-corrected chi connectivity index (χ4v) is 1.83. The number of rotatable bonds is 2. The highest BCUT2D eigenvalue weighted by Crippen LogP contribution is 2.38. The van der Waals surface area contributed by atoms with Crippen LogP contribution in [0.5, 0.6) is 0 Å². The van der Waals surface area contributed by atoms with E-state index in [1.807, 2.05) is 12.1 Å². The standard InChI is InChI=1S/C11H12N2O/c1-2-9(1)11-7-10(13-14-11)8-3-5-12-6-4-8/h3-6,9,11H,1-2,7H2. The summed E-state index contributed by atoms with van der Waals surface area (Å²) in [4.78, 5) is 9.40. The Hall–Kier alpha value is -1.38. The van der Waals surface area contributed by atoms with Crippen LogP contribution in [0.2, 0.25) is 0 Å². The van der Waals surface area contributed by atoms with Crippen molar-refractivity contribution in [2.75, 3.05) is 0 Å². The summed E-state index contributed by atoms with van der Waals surface area (Å²) < 4.78 is 0. The summed E-state index contributed by atoms with van der Waals surface area (Å²) >= 11 is 0. The van der Waals surface area contributed by atoms with Crippen molar-refractivity contribution in [3.05, 3.63) is 30.1 Å². The van der Waals surface area contributed by atoms with Gasteiger partial charge in [0.1, 0.15) is 6.10 Å². The number of nitrogens with zero attached hydrogens (tertiary/aromatic N) is 2. The quantitative estimate of drug-likeness (QED) is 0.711. The molecule has 72 valence electrons. The van der Waals surface area contributed by atoms with Crippen LogP contribution in [0.4, 0.5) is 0 Å². The Bertz CT molecular complexity index is 357. The van der Waals surface area contributed by atoms with Crippen LogP contribution >= 0.6 is 0 Å². The highest BCUT2D eigenvalue weighted by Gasteiger charge is 2.37. The third kappa shape index (κ3) is 1.39. The molecule has 0 spiro atoms. The summed E-state index contributed by atoms with van der Waals surface area (Å²) in [5.74, 6) is 0.762. The maximum Gasteiger partial charge on any atom is 0.136 e. The first-order valence-corrected chi connectivity index (χ1v) is 5.06. The molecular formula is C11H12N2O. The summed E-state index contributed by atoms with van der Waals surface area (Å²) in [6, 6.07) is 3.97. The highest BCUT2D eigenvalue weighted by atomic mass is 16.6. The van der Waals surface area contributed by atoms with Crippen LogP contribution in [0, 0.1) is 5.92 Å². The first kappa shape index (κ1) is 7.97. The third-order valence-corrected chi connectivity index (χ3v) is 2.85. The van der Waals surface area contributed by atoms with Crippen molar-refractivity contribution in [1.82, 2.24) is 4.98 Å². The molecule has 1 aromatic heterocycles. The van der Waals surface area contributed by atoms with Crippen molar-refractivity contribution in [3.63, 3.8) is 0 Å². The van der Waals surface area contributed by atoms with E-state index in [9.17, 15) is 0 Å². The molecule has 1 fully saturated rings. The van der Waals surface area contributed by atoms with E-state index >= 15 is 0 Å². The largest absolute Gasteiger partial charge is 0.392 e. The van der Waals surface area contributed by atoms with Gasteiger partial charge in [0.25, 0.3) is 0 Å². The maximum atomic E-state index is 5.41. The van der Waals surface area contributed by atoms with Gasteiger partial charge in [-0.15, -0.1) is 0 Å². The molecule has 3 nitrogen and oxygen atoms in total. The van der Waals surface area contributed by atoms with Gasteiger partial charge in [-0.25, -0.2) is 0 Å². The second-order valence-corrected chi connectivity index (χ2v) is 3.96. The highest BCUT2D eigenvalue weighted by molar-refractivity contribution is 6.01. The van der Waals surface area contributed by atoms with Gasteiger partial charge in [0, 0.05) is 24.4 Å². The number of hydrogen-bond acceptors (Lipinski definition) is 3. The van der Waals surface area contributed by atoms with Crippen LogP contribution in [-0.4, -0.2) is 16.8 Å². The molecular weight excluding hydrogens is 176 g/mol. The van der Waals surface area contributed by atoms with Gasteiger partial charge in [-0.2, -0.15) is 0 Å². The molecule has 1 unspecified atom stereocenters. The maximum absolute atomic E-state index is 5.41. The van der Waals surface area contributed by atoms with Crippen LogP contribution in [0.15, 0.2) is 29.7 Å². The number of oxime groups is 1. The van der Waals surface area contributed by atoms with Gasteiger partial charge in [0.2, 0.25) is 0 Å². The first-order chi connectivity index (χ1) is 6.93. The van der Waals surface area contributed by atoms with Crippen molar-refractivity contribution in [1.29, 1.82) is 0 Å². The Labute approximate surface area is 82.8 Å². The van der Waals surface area contributed by atoms with E-state index in [0.717, 1.165) is 23.6 Å². The predicted molar refractivity (Wildman–Crippen MR) is 53.0 cm³/mol. The summed E-state index contributed by atoms with van der Waals surface area (Å²) in [5, 5.41) is 4.14. The van der Waals surface area contributed by atoms with Crippen LogP contribution < -0.4 is 0 Å². The Kier molecular flexibility index (Phi) is 1.76. The molecule has 0 amide bonds. The molecule has 0 saturated heterocycles. The minimum Gasteiger partial charge on any atom is -0.392 e. The molecule has 1 saturated carbocycles. The van der Waals surface area contributed by atoms with E-state index < -0.39 is 0 Å². The SMILES string of the molecule is c1cc(C2=NOC(C3CC3)C2)ccn1. The van der Waals surface area contributed by atoms with Gasteiger partial charge in [0.15, 0.2) is 0 Å². The number of pyridine rings is 1. The van der Waals surface area contributed by atoms with Gasteiger partial charge in [0.05, 0.1) is 5.71 Å². The van der Waals surface area contributed by atoms with E-state index in [-0.39, 0.29) is 0 Å². The average molecular weight is 188 g/mol. The topological polar surface area (TPSA) is 34.5 Å². The lowest BCUT2D eigenvalue weighted by Crippen LogP contribution is -2.10.